The molecule has 1 saturated carbocycles. The van der Waals surface area contributed by atoms with Crippen molar-refractivity contribution in [3.8, 4) is 0 Å². The van der Waals surface area contributed by atoms with Gasteiger partial charge in [-0.1, -0.05) is 11.6 Å². The molecular formula is C19H29ClN2O5. The van der Waals surface area contributed by atoms with Gasteiger partial charge in [-0.25, -0.2) is 4.79 Å². The number of urea groups is 1. The predicted octanol–water partition coefficient (Wildman–Crippen LogP) is 2.13. The molecule has 0 aromatic heterocycles. The van der Waals surface area contributed by atoms with Crippen LogP contribution in [0.2, 0.25) is 0 Å². The number of allylic oxidation sites excluding steroid dienone is 1. The number of halogens is 1. The number of amides is 3. The van der Waals surface area contributed by atoms with Gasteiger partial charge >= 0.3 is 6.03 Å². The SMILES string of the molecule is CO[C@@H]1[C@H](NC(=O)NC(=O)CCl)CC[C@]2(CO2)[C@H]1[C@]1(C)O[C@@H]1CC=C(C)C. The van der Waals surface area contributed by atoms with Gasteiger partial charge in [0, 0.05) is 13.0 Å². The van der Waals surface area contributed by atoms with E-state index < -0.39 is 11.9 Å². The van der Waals surface area contributed by atoms with E-state index in [0.717, 1.165) is 12.8 Å². The van der Waals surface area contributed by atoms with E-state index in [-0.39, 0.29) is 41.2 Å². The molecule has 2 N–H and O–H groups in total. The molecule has 152 valence electrons. The number of hydrogen-bond donors (Lipinski definition) is 2. The third kappa shape index (κ3) is 4.16. The average molecular weight is 401 g/mol. The number of rotatable bonds is 6. The second kappa shape index (κ2) is 7.70. The average Bonchev–Trinajstić information content (AvgIpc) is 3.52. The van der Waals surface area contributed by atoms with Crippen molar-refractivity contribution in [1.82, 2.24) is 10.6 Å². The van der Waals surface area contributed by atoms with Crippen LogP contribution in [0.25, 0.3) is 0 Å². The molecule has 1 aliphatic carbocycles. The van der Waals surface area contributed by atoms with Crippen LogP contribution in [-0.2, 0) is 19.0 Å². The van der Waals surface area contributed by atoms with Gasteiger partial charge in [0.05, 0.1) is 30.5 Å². The summed E-state index contributed by atoms with van der Waals surface area (Å²) in [5.41, 5.74) is 0.666. The molecule has 27 heavy (non-hydrogen) atoms. The van der Waals surface area contributed by atoms with E-state index in [1.54, 1.807) is 7.11 Å². The first kappa shape index (κ1) is 20.6. The van der Waals surface area contributed by atoms with Gasteiger partial charge in [0.25, 0.3) is 0 Å². The molecule has 0 bridgehead atoms. The maximum atomic E-state index is 12.1. The number of nitrogens with one attached hydrogen (secondary N) is 2. The number of epoxide rings is 2. The summed E-state index contributed by atoms with van der Waals surface area (Å²) in [5, 5.41) is 5.09. The van der Waals surface area contributed by atoms with Gasteiger partial charge in [0.15, 0.2) is 0 Å². The Hall–Kier alpha value is -1.15. The fourth-order valence-corrected chi connectivity index (χ4v) is 4.57. The molecule has 0 aromatic carbocycles. The topological polar surface area (TPSA) is 92.5 Å². The highest BCUT2D eigenvalue weighted by Crippen LogP contribution is 2.59. The van der Waals surface area contributed by atoms with E-state index in [4.69, 9.17) is 25.8 Å². The third-order valence-electron chi connectivity index (χ3n) is 5.98. The highest BCUT2D eigenvalue weighted by Gasteiger charge is 2.71. The Labute approximate surface area is 165 Å². The lowest BCUT2D eigenvalue weighted by Gasteiger charge is -2.43. The predicted molar refractivity (Wildman–Crippen MR) is 101 cm³/mol. The van der Waals surface area contributed by atoms with Crippen LogP contribution in [0.15, 0.2) is 11.6 Å². The lowest BCUT2D eigenvalue weighted by Crippen LogP contribution is -2.60. The summed E-state index contributed by atoms with van der Waals surface area (Å²) in [6.45, 7) is 6.94. The molecule has 3 rings (SSSR count). The minimum atomic E-state index is -0.554. The van der Waals surface area contributed by atoms with Gasteiger partial charge in [0.1, 0.15) is 11.5 Å². The van der Waals surface area contributed by atoms with Crippen LogP contribution in [0.4, 0.5) is 4.79 Å². The Kier molecular flexibility index (Phi) is 5.87. The van der Waals surface area contributed by atoms with E-state index in [0.29, 0.717) is 13.0 Å². The first-order valence-corrected chi connectivity index (χ1v) is 9.93. The van der Waals surface area contributed by atoms with E-state index in [2.05, 4.69) is 37.5 Å². The van der Waals surface area contributed by atoms with Crippen LogP contribution in [0.3, 0.4) is 0 Å². The van der Waals surface area contributed by atoms with Crippen molar-refractivity contribution in [2.75, 3.05) is 19.6 Å². The van der Waals surface area contributed by atoms with Crippen molar-refractivity contribution in [2.24, 2.45) is 5.92 Å². The van der Waals surface area contributed by atoms with Gasteiger partial charge < -0.3 is 19.5 Å². The van der Waals surface area contributed by atoms with E-state index in [9.17, 15) is 9.59 Å². The minimum absolute atomic E-state index is 0.00772. The molecule has 3 amide bonds. The van der Waals surface area contributed by atoms with Crippen LogP contribution < -0.4 is 10.6 Å². The molecular weight excluding hydrogens is 372 g/mol. The molecule has 7 nitrogen and oxygen atoms in total. The van der Waals surface area contributed by atoms with Crippen molar-refractivity contribution < 1.29 is 23.8 Å². The minimum Gasteiger partial charge on any atom is -0.379 e. The lowest BCUT2D eigenvalue weighted by molar-refractivity contribution is -0.117. The second-order valence-corrected chi connectivity index (χ2v) is 8.41. The standard InChI is InChI=1S/C19H29ClN2O5/c1-11(2)5-6-13-18(3,27-13)16-15(25-4)12(7-8-19(16)10-26-19)21-17(24)22-14(23)9-20/h5,12-13,15-16H,6-10H2,1-4H3,(H2,21,22,23,24)/t12-,13-,15-,16-,18-,19+/m1/s1. The van der Waals surface area contributed by atoms with Gasteiger partial charge in [-0.2, -0.15) is 0 Å². The summed E-state index contributed by atoms with van der Waals surface area (Å²) in [4.78, 5) is 23.5. The maximum Gasteiger partial charge on any atom is 0.321 e. The zero-order chi connectivity index (χ0) is 19.8. The number of carbonyl (C=O) groups is 2. The largest absolute Gasteiger partial charge is 0.379 e. The maximum absolute atomic E-state index is 12.1. The Balaban J connectivity index is 1.73. The zero-order valence-electron chi connectivity index (χ0n) is 16.3. The van der Waals surface area contributed by atoms with Crippen LogP contribution in [0.5, 0.6) is 0 Å². The lowest BCUT2D eigenvalue weighted by atomic mass is 9.67. The number of ether oxygens (including phenoxy) is 3. The van der Waals surface area contributed by atoms with Crippen molar-refractivity contribution >= 4 is 23.5 Å². The summed E-state index contributed by atoms with van der Waals surface area (Å²) >= 11 is 5.45. The molecule has 2 saturated heterocycles. The summed E-state index contributed by atoms with van der Waals surface area (Å²) in [7, 11) is 1.65. The quantitative estimate of drug-likeness (QED) is 0.405. The zero-order valence-corrected chi connectivity index (χ0v) is 17.1. The van der Waals surface area contributed by atoms with Crippen molar-refractivity contribution in [3.63, 3.8) is 0 Å². The molecule has 3 fully saturated rings. The highest BCUT2D eigenvalue weighted by molar-refractivity contribution is 6.28. The Bertz CT molecular complexity index is 632. The molecule has 0 radical (unpaired) electrons. The normalized spacial score (nSPS) is 39.6. The van der Waals surface area contributed by atoms with Crippen molar-refractivity contribution in [2.45, 2.75) is 69.5 Å². The Morgan fingerprint density at radius 1 is 1.37 bits per heavy atom. The van der Waals surface area contributed by atoms with Crippen LogP contribution in [-0.4, -0.2) is 61.0 Å². The smallest absolute Gasteiger partial charge is 0.321 e. The van der Waals surface area contributed by atoms with Crippen LogP contribution in [0, 0.1) is 5.92 Å². The fraction of sp³-hybridized carbons (Fsp3) is 0.789. The molecule has 6 atom stereocenters. The van der Waals surface area contributed by atoms with E-state index in [1.807, 2.05) is 0 Å². The Morgan fingerprint density at radius 2 is 2.07 bits per heavy atom. The number of alkyl halides is 1. The highest BCUT2D eigenvalue weighted by atomic mass is 35.5. The molecule has 0 unspecified atom stereocenters. The van der Waals surface area contributed by atoms with Gasteiger partial charge in [0.2, 0.25) is 5.91 Å². The van der Waals surface area contributed by atoms with E-state index in [1.165, 1.54) is 5.57 Å². The monoisotopic (exact) mass is 400 g/mol. The van der Waals surface area contributed by atoms with Crippen molar-refractivity contribution in [1.29, 1.82) is 0 Å². The molecule has 1 spiro atoms. The number of carbonyl (C=O) groups excluding carboxylic acids is 2. The number of hydrogen-bond acceptors (Lipinski definition) is 5. The first-order chi connectivity index (χ1) is 12.8. The first-order valence-electron chi connectivity index (χ1n) is 9.40. The van der Waals surface area contributed by atoms with Gasteiger partial charge in [-0.15, -0.1) is 11.6 Å². The van der Waals surface area contributed by atoms with Crippen LogP contribution in [0.1, 0.15) is 40.0 Å². The summed E-state index contributed by atoms with van der Waals surface area (Å²) in [6, 6.07) is -0.787. The molecule has 0 aromatic rings. The fourth-order valence-electron chi connectivity index (χ4n) is 4.51. The Morgan fingerprint density at radius 3 is 2.63 bits per heavy atom. The number of methoxy groups -OCH3 is 1. The van der Waals surface area contributed by atoms with Gasteiger partial charge in [-0.05, 0) is 40.0 Å². The summed E-state index contributed by atoms with van der Waals surface area (Å²) in [6.07, 6.45) is 4.42. The second-order valence-electron chi connectivity index (χ2n) is 8.14. The molecule has 2 heterocycles. The summed E-state index contributed by atoms with van der Waals surface area (Å²) in [5.74, 6) is -0.784. The summed E-state index contributed by atoms with van der Waals surface area (Å²) < 4.78 is 17.9. The number of imide groups is 1. The van der Waals surface area contributed by atoms with E-state index >= 15 is 0 Å². The molecule has 8 heteroatoms. The van der Waals surface area contributed by atoms with Crippen molar-refractivity contribution in [3.05, 3.63) is 11.6 Å². The third-order valence-corrected chi connectivity index (χ3v) is 6.23. The van der Waals surface area contributed by atoms with Gasteiger partial charge in [-0.3, -0.25) is 10.1 Å². The van der Waals surface area contributed by atoms with Crippen LogP contribution >= 0.6 is 11.6 Å². The molecule has 2 aliphatic heterocycles. The molecule has 3 aliphatic rings.